The first kappa shape index (κ1) is 20.2. The second-order valence-electron chi connectivity index (χ2n) is 7.00. The Balaban J connectivity index is 1.75. The van der Waals surface area contributed by atoms with E-state index in [2.05, 4.69) is 5.32 Å². The lowest BCUT2D eigenvalue weighted by Crippen LogP contribution is -2.46. The third-order valence-electron chi connectivity index (χ3n) is 4.96. The van der Waals surface area contributed by atoms with Crippen LogP contribution < -0.4 is 5.32 Å². The van der Waals surface area contributed by atoms with Crippen LogP contribution >= 0.6 is 0 Å². The number of likely N-dealkylation sites (tertiary alicyclic amines) is 1. The minimum atomic E-state index is -3.26. The standard InChI is InChI=1S/C17H31N3O4S/c1-2-13-25(23,24)20-12-6-7-15(14-20)17(22)18-9-8-16(21)19-10-4-3-5-11-19/h15H,2-14H2,1H3,(H,18,22)/t15-/m1/s1. The van der Waals surface area contributed by atoms with Crippen molar-refractivity contribution >= 4 is 21.8 Å². The van der Waals surface area contributed by atoms with Crippen molar-refractivity contribution in [3.8, 4) is 0 Å². The van der Waals surface area contributed by atoms with Crippen LogP contribution in [0, 0.1) is 5.92 Å². The summed E-state index contributed by atoms with van der Waals surface area (Å²) >= 11 is 0. The topological polar surface area (TPSA) is 86.8 Å². The molecule has 0 aromatic rings. The van der Waals surface area contributed by atoms with E-state index in [1.165, 1.54) is 10.7 Å². The molecule has 25 heavy (non-hydrogen) atoms. The average Bonchev–Trinajstić information content (AvgIpc) is 2.62. The van der Waals surface area contributed by atoms with Gasteiger partial charge in [-0.2, -0.15) is 0 Å². The lowest BCUT2D eigenvalue weighted by Gasteiger charge is -2.31. The highest BCUT2D eigenvalue weighted by Crippen LogP contribution is 2.20. The Kier molecular flexibility index (Phi) is 7.68. The van der Waals surface area contributed by atoms with Crippen molar-refractivity contribution < 1.29 is 18.0 Å². The molecule has 2 heterocycles. The van der Waals surface area contributed by atoms with Gasteiger partial charge in [-0.1, -0.05) is 6.92 Å². The van der Waals surface area contributed by atoms with Crippen molar-refractivity contribution in [1.29, 1.82) is 0 Å². The molecule has 0 spiro atoms. The van der Waals surface area contributed by atoms with Gasteiger partial charge in [0.25, 0.3) is 0 Å². The number of nitrogens with zero attached hydrogens (tertiary/aromatic N) is 2. The third kappa shape index (κ3) is 5.95. The Morgan fingerprint density at radius 2 is 1.80 bits per heavy atom. The van der Waals surface area contributed by atoms with Gasteiger partial charge in [-0.05, 0) is 38.5 Å². The Labute approximate surface area is 151 Å². The number of carbonyl (C=O) groups excluding carboxylic acids is 2. The third-order valence-corrected chi connectivity index (χ3v) is 7.00. The van der Waals surface area contributed by atoms with Crippen LogP contribution in [0.2, 0.25) is 0 Å². The predicted octanol–water partition coefficient (Wildman–Crippen LogP) is 0.957. The molecule has 144 valence electrons. The zero-order chi connectivity index (χ0) is 18.3. The van der Waals surface area contributed by atoms with Crippen LogP contribution in [0.25, 0.3) is 0 Å². The molecule has 2 saturated heterocycles. The van der Waals surface area contributed by atoms with Gasteiger partial charge in [0.1, 0.15) is 0 Å². The summed E-state index contributed by atoms with van der Waals surface area (Å²) in [4.78, 5) is 26.3. The lowest BCUT2D eigenvalue weighted by atomic mass is 9.99. The maximum Gasteiger partial charge on any atom is 0.224 e. The van der Waals surface area contributed by atoms with Crippen LogP contribution in [0.5, 0.6) is 0 Å². The first-order valence-electron chi connectivity index (χ1n) is 9.47. The number of sulfonamides is 1. The Hall–Kier alpha value is -1.15. The Morgan fingerprint density at radius 3 is 2.48 bits per heavy atom. The molecule has 0 aromatic carbocycles. The average molecular weight is 374 g/mol. The molecule has 0 radical (unpaired) electrons. The molecule has 0 bridgehead atoms. The molecule has 2 amide bonds. The second kappa shape index (κ2) is 9.52. The minimum absolute atomic E-state index is 0.0933. The molecule has 1 N–H and O–H groups in total. The van der Waals surface area contributed by atoms with Gasteiger partial charge in [-0.3, -0.25) is 9.59 Å². The monoisotopic (exact) mass is 373 g/mol. The summed E-state index contributed by atoms with van der Waals surface area (Å²) in [5.74, 6) is -0.227. The van der Waals surface area contributed by atoms with Gasteiger partial charge in [0.2, 0.25) is 21.8 Å². The van der Waals surface area contributed by atoms with Crippen molar-refractivity contribution in [2.75, 3.05) is 38.5 Å². The van der Waals surface area contributed by atoms with Gasteiger partial charge < -0.3 is 10.2 Å². The van der Waals surface area contributed by atoms with E-state index in [1.54, 1.807) is 0 Å². The highest BCUT2D eigenvalue weighted by molar-refractivity contribution is 7.89. The number of carbonyl (C=O) groups is 2. The molecule has 0 aromatic heterocycles. The highest BCUT2D eigenvalue weighted by Gasteiger charge is 2.31. The lowest BCUT2D eigenvalue weighted by molar-refractivity contribution is -0.132. The predicted molar refractivity (Wildman–Crippen MR) is 96.4 cm³/mol. The molecule has 2 aliphatic rings. The molecule has 0 aliphatic carbocycles. The van der Waals surface area contributed by atoms with Gasteiger partial charge in [-0.25, -0.2) is 12.7 Å². The fourth-order valence-corrected chi connectivity index (χ4v) is 5.12. The van der Waals surface area contributed by atoms with E-state index in [0.29, 0.717) is 38.8 Å². The van der Waals surface area contributed by atoms with Gasteiger partial charge in [-0.15, -0.1) is 0 Å². The number of piperidine rings is 2. The minimum Gasteiger partial charge on any atom is -0.355 e. The van der Waals surface area contributed by atoms with Gasteiger partial charge in [0.05, 0.1) is 11.7 Å². The van der Waals surface area contributed by atoms with E-state index in [4.69, 9.17) is 0 Å². The maximum atomic E-state index is 12.3. The van der Waals surface area contributed by atoms with Gasteiger partial charge in [0.15, 0.2) is 0 Å². The molecule has 0 unspecified atom stereocenters. The number of hydrogen-bond donors (Lipinski definition) is 1. The molecule has 2 fully saturated rings. The van der Waals surface area contributed by atoms with E-state index in [0.717, 1.165) is 25.9 Å². The second-order valence-corrected chi connectivity index (χ2v) is 9.08. The molecule has 8 heteroatoms. The van der Waals surface area contributed by atoms with Crippen LogP contribution in [-0.2, 0) is 19.6 Å². The fourth-order valence-electron chi connectivity index (χ4n) is 3.53. The van der Waals surface area contributed by atoms with Crippen molar-refractivity contribution in [1.82, 2.24) is 14.5 Å². The number of hydrogen-bond acceptors (Lipinski definition) is 4. The molecule has 1 atom stereocenters. The summed E-state index contributed by atoms with van der Waals surface area (Å²) in [6, 6.07) is 0. The first-order valence-corrected chi connectivity index (χ1v) is 11.1. The fraction of sp³-hybridized carbons (Fsp3) is 0.882. The highest BCUT2D eigenvalue weighted by atomic mass is 32.2. The largest absolute Gasteiger partial charge is 0.355 e. The number of rotatable bonds is 7. The Bertz CT molecular complexity index is 558. The summed E-state index contributed by atoms with van der Waals surface area (Å²) in [7, 11) is -3.26. The normalized spacial score (nSPS) is 22.6. The van der Waals surface area contributed by atoms with Crippen molar-refractivity contribution in [2.24, 2.45) is 5.92 Å². The van der Waals surface area contributed by atoms with Crippen LogP contribution in [-0.4, -0.2) is 67.9 Å². The summed E-state index contributed by atoms with van der Waals surface area (Å²) in [5, 5.41) is 2.82. The van der Waals surface area contributed by atoms with Gasteiger partial charge in [0, 0.05) is 39.1 Å². The van der Waals surface area contributed by atoms with Crippen LogP contribution in [0.4, 0.5) is 0 Å². The van der Waals surface area contributed by atoms with Crippen LogP contribution in [0.15, 0.2) is 0 Å². The van der Waals surface area contributed by atoms with Crippen LogP contribution in [0.3, 0.4) is 0 Å². The summed E-state index contributed by atoms with van der Waals surface area (Å²) in [6.07, 6.45) is 5.59. The van der Waals surface area contributed by atoms with Crippen molar-refractivity contribution in [3.05, 3.63) is 0 Å². The zero-order valence-corrected chi connectivity index (χ0v) is 16.0. The van der Waals surface area contributed by atoms with E-state index in [-0.39, 0.29) is 30.0 Å². The summed E-state index contributed by atoms with van der Waals surface area (Å²) < 4.78 is 25.8. The molecule has 2 aliphatic heterocycles. The summed E-state index contributed by atoms with van der Waals surface area (Å²) in [5.41, 5.74) is 0. The molecule has 0 saturated carbocycles. The van der Waals surface area contributed by atoms with Crippen LogP contribution in [0.1, 0.15) is 51.9 Å². The van der Waals surface area contributed by atoms with E-state index in [9.17, 15) is 18.0 Å². The molecule has 7 nitrogen and oxygen atoms in total. The number of amides is 2. The molecule has 2 rings (SSSR count). The smallest absolute Gasteiger partial charge is 0.224 e. The number of nitrogens with one attached hydrogen (secondary N) is 1. The van der Waals surface area contributed by atoms with E-state index >= 15 is 0 Å². The quantitative estimate of drug-likeness (QED) is 0.720. The maximum absolute atomic E-state index is 12.3. The Morgan fingerprint density at radius 1 is 1.08 bits per heavy atom. The van der Waals surface area contributed by atoms with Gasteiger partial charge >= 0.3 is 0 Å². The first-order chi connectivity index (χ1) is 11.9. The SMILES string of the molecule is CCCS(=O)(=O)N1CCC[C@@H](C(=O)NCCC(=O)N2CCCCC2)C1. The van der Waals surface area contributed by atoms with Crippen molar-refractivity contribution in [2.45, 2.75) is 51.9 Å². The summed E-state index contributed by atoms with van der Waals surface area (Å²) in [6.45, 7) is 4.56. The van der Waals surface area contributed by atoms with Crippen molar-refractivity contribution in [3.63, 3.8) is 0 Å². The van der Waals surface area contributed by atoms with E-state index in [1.807, 2.05) is 11.8 Å². The zero-order valence-electron chi connectivity index (χ0n) is 15.2. The molecular formula is C17H31N3O4S. The van der Waals surface area contributed by atoms with E-state index < -0.39 is 10.0 Å². The molecular weight excluding hydrogens is 342 g/mol.